The first-order valence-corrected chi connectivity index (χ1v) is 11.1. The predicted molar refractivity (Wildman–Crippen MR) is 121 cm³/mol. The van der Waals surface area contributed by atoms with Crippen molar-refractivity contribution in [3.05, 3.63) is 75.5 Å². The number of anilines is 1. The SMILES string of the molecule is CCOc1cc2c(cc1CNC(=O)c1cccc(NC(=O)c3cccs3)c1)OC(C)C2. The number of hydrogen-bond acceptors (Lipinski definition) is 5. The largest absolute Gasteiger partial charge is 0.494 e. The second-order valence-electron chi connectivity index (χ2n) is 7.33. The molecule has 1 atom stereocenters. The van der Waals surface area contributed by atoms with Crippen LogP contribution in [0.3, 0.4) is 0 Å². The van der Waals surface area contributed by atoms with E-state index in [1.54, 1.807) is 30.3 Å². The topological polar surface area (TPSA) is 76.7 Å². The van der Waals surface area contributed by atoms with Gasteiger partial charge in [0.15, 0.2) is 0 Å². The first-order valence-electron chi connectivity index (χ1n) is 10.2. The summed E-state index contributed by atoms with van der Waals surface area (Å²) in [6.07, 6.45) is 0.993. The molecular weight excluding hydrogens is 412 g/mol. The van der Waals surface area contributed by atoms with Crippen LogP contribution in [0.4, 0.5) is 5.69 Å². The minimum Gasteiger partial charge on any atom is -0.494 e. The second kappa shape index (κ2) is 9.22. The molecule has 6 nitrogen and oxygen atoms in total. The number of fused-ring (bicyclic) bond motifs is 1. The van der Waals surface area contributed by atoms with Crippen LogP contribution in [-0.2, 0) is 13.0 Å². The van der Waals surface area contributed by atoms with Crippen molar-refractivity contribution in [1.29, 1.82) is 0 Å². The Morgan fingerprint density at radius 1 is 1.16 bits per heavy atom. The molecule has 0 saturated heterocycles. The number of thiophene rings is 1. The van der Waals surface area contributed by atoms with Gasteiger partial charge in [0, 0.05) is 35.3 Å². The predicted octanol–water partition coefficient (Wildman–Crippen LogP) is 4.65. The van der Waals surface area contributed by atoms with Crippen molar-refractivity contribution >= 4 is 28.8 Å². The maximum absolute atomic E-state index is 12.7. The number of benzene rings is 2. The Kier molecular flexibility index (Phi) is 6.23. The lowest BCUT2D eigenvalue weighted by atomic mass is 10.1. The average molecular weight is 437 g/mol. The molecule has 31 heavy (non-hydrogen) atoms. The quantitative estimate of drug-likeness (QED) is 0.565. The molecule has 3 aromatic rings. The van der Waals surface area contributed by atoms with Crippen molar-refractivity contribution in [2.45, 2.75) is 32.9 Å². The van der Waals surface area contributed by atoms with Crippen LogP contribution >= 0.6 is 11.3 Å². The number of carbonyl (C=O) groups excluding carboxylic acids is 2. The van der Waals surface area contributed by atoms with Crippen LogP contribution in [0.5, 0.6) is 11.5 Å². The number of amides is 2. The molecular formula is C24H24N2O4S. The maximum Gasteiger partial charge on any atom is 0.265 e. The average Bonchev–Trinajstić information content (AvgIpc) is 3.41. The van der Waals surface area contributed by atoms with Gasteiger partial charge in [-0.15, -0.1) is 11.3 Å². The van der Waals surface area contributed by atoms with Gasteiger partial charge in [-0.05, 0) is 55.6 Å². The van der Waals surface area contributed by atoms with Gasteiger partial charge in [-0.2, -0.15) is 0 Å². The highest BCUT2D eigenvalue weighted by atomic mass is 32.1. The number of hydrogen-bond donors (Lipinski definition) is 2. The van der Waals surface area contributed by atoms with Crippen LogP contribution in [0.25, 0.3) is 0 Å². The molecule has 1 aliphatic rings. The van der Waals surface area contributed by atoms with Gasteiger partial charge in [-0.25, -0.2) is 0 Å². The van der Waals surface area contributed by atoms with Crippen molar-refractivity contribution in [2.75, 3.05) is 11.9 Å². The molecule has 2 amide bonds. The lowest BCUT2D eigenvalue weighted by Gasteiger charge is -2.14. The van der Waals surface area contributed by atoms with Crippen molar-refractivity contribution in [1.82, 2.24) is 5.32 Å². The summed E-state index contributed by atoms with van der Waals surface area (Å²) in [4.78, 5) is 25.6. The first-order chi connectivity index (χ1) is 15.0. The number of carbonyl (C=O) groups is 2. The van der Waals surface area contributed by atoms with E-state index in [1.165, 1.54) is 11.3 Å². The molecule has 0 aliphatic carbocycles. The van der Waals surface area contributed by atoms with Gasteiger partial charge in [0.2, 0.25) is 0 Å². The van der Waals surface area contributed by atoms with Crippen molar-refractivity contribution in [3.63, 3.8) is 0 Å². The Morgan fingerprint density at radius 3 is 2.81 bits per heavy atom. The molecule has 0 radical (unpaired) electrons. The molecule has 1 unspecified atom stereocenters. The van der Waals surface area contributed by atoms with Gasteiger partial charge >= 0.3 is 0 Å². The summed E-state index contributed by atoms with van der Waals surface area (Å²) in [7, 11) is 0. The summed E-state index contributed by atoms with van der Waals surface area (Å²) >= 11 is 1.37. The lowest BCUT2D eigenvalue weighted by molar-refractivity contribution is 0.0949. The minimum atomic E-state index is -0.232. The van der Waals surface area contributed by atoms with E-state index in [2.05, 4.69) is 10.6 Å². The van der Waals surface area contributed by atoms with Crippen molar-refractivity contribution in [3.8, 4) is 11.5 Å². The minimum absolute atomic E-state index is 0.140. The highest BCUT2D eigenvalue weighted by molar-refractivity contribution is 7.12. The van der Waals surface area contributed by atoms with Crippen LogP contribution in [0.1, 0.15) is 45.0 Å². The van der Waals surface area contributed by atoms with Crippen molar-refractivity contribution in [2.24, 2.45) is 0 Å². The van der Waals surface area contributed by atoms with Gasteiger partial charge in [0.25, 0.3) is 11.8 Å². The van der Waals surface area contributed by atoms with E-state index in [0.717, 1.165) is 29.0 Å². The fourth-order valence-electron chi connectivity index (χ4n) is 3.53. The van der Waals surface area contributed by atoms with Crippen LogP contribution in [0, 0.1) is 0 Å². The number of nitrogens with one attached hydrogen (secondary N) is 2. The lowest BCUT2D eigenvalue weighted by Crippen LogP contribution is -2.23. The molecule has 0 spiro atoms. The van der Waals surface area contributed by atoms with E-state index < -0.39 is 0 Å². The first kappa shape index (κ1) is 20.9. The molecule has 7 heteroatoms. The monoisotopic (exact) mass is 436 g/mol. The third-order valence-electron chi connectivity index (χ3n) is 4.95. The van der Waals surface area contributed by atoms with E-state index in [9.17, 15) is 9.59 Å². The summed E-state index contributed by atoms with van der Waals surface area (Å²) in [5.41, 5.74) is 3.03. The molecule has 2 aromatic carbocycles. The standard InChI is InChI=1S/C24H24N2O4S/c1-3-29-20-12-17-10-15(2)30-21(17)13-18(20)14-25-23(27)16-6-4-7-19(11-16)26-24(28)22-8-5-9-31-22/h4-9,11-13,15H,3,10,14H2,1-2H3,(H,25,27)(H,26,28). The maximum atomic E-state index is 12.7. The zero-order valence-electron chi connectivity index (χ0n) is 17.4. The Morgan fingerprint density at radius 2 is 2.03 bits per heavy atom. The summed E-state index contributed by atoms with van der Waals surface area (Å²) in [6.45, 7) is 4.82. The highest BCUT2D eigenvalue weighted by Gasteiger charge is 2.22. The molecule has 2 N–H and O–H groups in total. The zero-order valence-corrected chi connectivity index (χ0v) is 18.3. The molecule has 0 bridgehead atoms. The Hall–Kier alpha value is -3.32. The molecule has 160 valence electrons. The van der Waals surface area contributed by atoms with Crippen LogP contribution < -0.4 is 20.1 Å². The Bertz CT molecular complexity index is 1090. The van der Waals surface area contributed by atoms with E-state index in [-0.39, 0.29) is 17.9 Å². The van der Waals surface area contributed by atoms with Gasteiger partial charge in [0.1, 0.15) is 17.6 Å². The van der Waals surface area contributed by atoms with Crippen LogP contribution in [0.2, 0.25) is 0 Å². The number of ether oxygens (including phenoxy) is 2. The molecule has 0 saturated carbocycles. The molecule has 0 fully saturated rings. The van der Waals surface area contributed by atoms with E-state index >= 15 is 0 Å². The Balaban J connectivity index is 1.44. The van der Waals surface area contributed by atoms with Gasteiger partial charge in [-0.1, -0.05) is 12.1 Å². The third kappa shape index (κ3) is 4.88. The highest BCUT2D eigenvalue weighted by Crippen LogP contribution is 2.35. The molecule has 4 rings (SSSR count). The fourth-order valence-corrected chi connectivity index (χ4v) is 4.14. The summed E-state index contributed by atoms with van der Waals surface area (Å²) in [6, 6.07) is 14.4. The fraction of sp³-hybridized carbons (Fsp3) is 0.250. The summed E-state index contributed by atoms with van der Waals surface area (Å²) in [5.74, 6) is 1.18. The number of rotatable bonds is 7. The second-order valence-corrected chi connectivity index (χ2v) is 8.28. The van der Waals surface area contributed by atoms with Gasteiger partial charge < -0.3 is 20.1 Å². The van der Waals surface area contributed by atoms with Crippen LogP contribution in [-0.4, -0.2) is 24.5 Å². The normalized spacial score (nSPS) is 14.5. The Labute approximate surface area is 185 Å². The molecule has 2 heterocycles. The van der Waals surface area contributed by atoms with Crippen LogP contribution in [0.15, 0.2) is 53.9 Å². The zero-order chi connectivity index (χ0) is 21.8. The van der Waals surface area contributed by atoms with Gasteiger partial charge in [0.05, 0.1) is 11.5 Å². The molecule has 1 aliphatic heterocycles. The van der Waals surface area contributed by atoms with E-state index in [0.29, 0.717) is 29.3 Å². The van der Waals surface area contributed by atoms with E-state index in [4.69, 9.17) is 9.47 Å². The smallest absolute Gasteiger partial charge is 0.265 e. The van der Waals surface area contributed by atoms with Gasteiger partial charge in [-0.3, -0.25) is 9.59 Å². The third-order valence-corrected chi connectivity index (χ3v) is 5.81. The van der Waals surface area contributed by atoms with Crippen molar-refractivity contribution < 1.29 is 19.1 Å². The van der Waals surface area contributed by atoms with E-state index in [1.807, 2.05) is 37.4 Å². The molecule has 1 aromatic heterocycles. The summed E-state index contributed by atoms with van der Waals surface area (Å²) in [5, 5.41) is 7.61. The summed E-state index contributed by atoms with van der Waals surface area (Å²) < 4.78 is 11.6.